The summed E-state index contributed by atoms with van der Waals surface area (Å²) < 4.78 is 5.66. The molecule has 5 aliphatic rings. The van der Waals surface area contributed by atoms with Crippen molar-refractivity contribution in [3.8, 4) is 0 Å². The molecule has 0 saturated heterocycles. The summed E-state index contributed by atoms with van der Waals surface area (Å²) in [7, 11) is 0. The lowest BCUT2D eigenvalue weighted by Crippen LogP contribution is -2.66. The second-order valence-electron chi connectivity index (χ2n) is 12.7. The number of carbonyl (C=O) groups is 4. The number of aliphatic hydroxyl groups excluding tert-OH is 1. The standard InChI is InChI=1S/C29H38O8/c1-6-15-9-24(37-25(34)14(15)2)28(5,35)22-7-8-29(36)17-10-19(30)18-11-20(31)21(32)13-26(18,3)16(17)12-23(33)27(22,29)4/h10,16,18,20,22,24,31,35-36H,6-9,11-13H2,1-5H3/t16?,18?,20-,22+,24?,26-,27+,28+,29-/m1/s1. The monoisotopic (exact) mass is 514 g/mol. The molecule has 0 aromatic carbocycles. The highest BCUT2D eigenvalue weighted by Gasteiger charge is 2.72. The molecule has 0 amide bonds. The molecule has 1 aliphatic heterocycles. The molecule has 0 radical (unpaired) electrons. The highest BCUT2D eigenvalue weighted by atomic mass is 16.6. The summed E-state index contributed by atoms with van der Waals surface area (Å²) in [5, 5.41) is 34.4. The van der Waals surface area contributed by atoms with Crippen LogP contribution >= 0.6 is 0 Å². The molecule has 0 aromatic rings. The van der Waals surface area contributed by atoms with Gasteiger partial charge in [-0.1, -0.05) is 19.4 Å². The SMILES string of the molecule is CCC1=C(C)C(=O)OC([C@@](C)(O)[C@H]2CC[C@@]3(O)C4=CC(=O)C5C[C@@H](O)C(=O)C[C@]5(C)C4CC(=O)[C@]23C)C1. The first-order chi connectivity index (χ1) is 17.1. The Labute approximate surface area is 217 Å². The number of esters is 1. The normalized spacial score (nSPS) is 45.5. The number of fused-ring (bicyclic) bond motifs is 5. The Kier molecular flexibility index (Phi) is 5.84. The van der Waals surface area contributed by atoms with Gasteiger partial charge in [-0.2, -0.15) is 0 Å². The van der Waals surface area contributed by atoms with E-state index in [2.05, 4.69) is 0 Å². The van der Waals surface area contributed by atoms with Crippen LogP contribution in [0.4, 0.5) is 0 Å². The largest absolute Gasteiger partial charge is 0.456 e. The van der Waals surface area contributed by atoms with Crippen LogP contribution in [0.5, 0.6) is 0 Å². The second-order valence-corrected chi connectivity index (χ2v) is 12.7. The van der Waals surface area contributed by atoms with Gasteiger partial charge in [0.1, 0.15) is 23.6 Å². The number of Topliss-reactive ketones (excluding diaryl/α,β-unsaturated/α-hetero) is 2. The second kappa shape index (κ2) is 8.17. The predicted molar refractivity (Wildman–Crippen MR) is 132 cm³/mol. The van der Waals surface area contributed by atoms with Gasteiger partial charge in [0.15, 0.2) is 11.6 Å². The van der Waals surface area contributed by atoms with Crippen molar-refractivity contribution in [2.24, 2.45) is 28.6 Å². The van der Waals surface area contributed by atoms with Crippen molar-refractivity contribution in [2.75, 3.05) is 0 Å². The topological polar surface area (TPSA) is 138 Å². The van der Waals surface area contributed by atoms with Gasteiger partial charge < -0.3 is 20.1 Å². The molecule has 202 valence electrons. The van der Waals surface area contributed by atoms with Crippen LogP contribution in [0.3, 0.4) is 0 Å². The van der Waals surface area contributed by atoms with Crippen molar-refractivity contribution in [1.82, 2.24) is 0 Å². The molecule has 3 N–H and O–H groups in total. The summed E-state index contributed by atoms with van der Waals surface area (Å²) in [5.41, 5.74) is -3.65. The molecule has 1 heterocycles. The highest BCUT2D eigenvalue weighted by Crippen LogP contribution is 2.67. The molecule has 4 aliphatic carbocycles. The number of hydrogen-bond acceptors (Lipinski definition) is 8. The van der Waals surface area contributed by atoms with Crippen LogP contribution < -0.4 is 0 Å². The lowest BCUT2D eigenvalue weighted by molar-refractivity contribution is -0.191. The molecule has 8 nitrogen and oxygen atoms in total. The maximum atomic E-state index is 14.0. The zero-order valence-electron chi connectivity index (χ0n) is 22.3. The summed E-state index contributed by atoms with van der Waals surface area (Å²) >= 11 is 0. The zero-order valence-corrected chi connectivity index (χ0v) is 22.3. The Balaban J connectivity index is 1.55. The molecule has 37 heavy (non-hydrogen) atoms. The van der Waals surface area contributed by atoms with Crippen molar-refractivity contribution in [3.63, 3.8) is 0 Å². The zero-order chi connectivity index (χ0) is 27.3. The van der Waals surface area contributed by atoms with Gasteiger partial charge in [0, 0.05) is 36.7 Å². The molecular weight excluding hydrogens is 476 g/mol. The molecule has 9 atom stereocenters. The van der Waals surface area contributed by atoms with Crippen molar-refractivity contribution < 1.29 is 39.2 Å². The average Bonchev–Trinajstić information content (AvgIpc) is 3.12. The fraction of sp³-hybridized carbons (Fsp3) is 0.724. The summed E-state index contributed by atoms with van der Waals surface area (Å²) in [6.07, 6.45) is 0.880. The minimum absolute atomic E-state index is 0.0232. The lowest BCUT2D eigenvalue weighted by Gasteiger charge is -2.59. The first-order valence-corrected chi connectivity index (χ1v) is 13.5. The van der Waals surface area contributed by atoms with Crippen LogP contribution in [-0.2, 0) is 23.9 Å². The minimum Gasteiger partial charge on any atom is -0.456 e. The maximum Gasteiger partial charge on any atom is 0.334 e. The highest BCUT2D eigenvalue weighted by molar-refractivity contribution is 6.00. The molecule has 3 unspecified atom stereocenters. The maximum absolute atomic E-state index is 14.0. The van der Waals surface area contributed by atoms with E-state index >= 15 is 0 Å². The predicted octanol–water partition coefficient (Wildman–Crippen LogP) is 2.37. The smallest absolute Gasteiger partial charge is 0.334 e. The van der Waals surface area contributed by atoms with Gasteiger partial charge in [0.25, 0.3) is 0 Å². The van der Waals surface area contributed by atoms with Gasteiger partial charge in [-0.3, -0.25) is 14.4 Å². The molecule has 3 fully saturated rings. The van der Waals surface area contributed by atoms with Crippen LogP contribution in [0, 0.1) is 28.6 Å². The van der Waals surface area contributed by atoms with Crippen LogP contribution in [-0.4, -0.2) is 62.0 Å². The Morgan fingerprint density at radius 2 is 1.81 bits per heavy atom. The van der Waals surface area contributed by atoms with Gasteiger partial charge in [-0.15, -0.1) is 0 Å². The summed E-state index contributed by atoms with van der Waals surface area (Å²) in [5.74, 6) is -3.12. The van der Waals surface area contributed by atoms with Gasteiger partial charge in [0.2, 0.25) is 0 Å². The van der Waals surface area contributed by atoms with Crippen LogP contribution in [0.25, 0.3) is 0 Å². The van der Waals surface area contributed by atoms with Crippen molar-refractivity contribution in [3.05, 3.63) is 22.8 Å². The number of rotatable bonds is 3. The lowest BCUT2D eigenvalue weighted by atomic mass is 9.45. The van der Waals surface area contributed by atoms with Gasteiger partial charge >= 0.3 is 5.97 Å². The van der Waals surface area contributed by atoms with Crippen LogP contribution in [0.1, 0.15) is 79.6 Å². The summed E-state index contributed by atoms with van der Waals surface area (Å²) in [4.78, 5) is 52.5. The molecule has 8 heteroatoms. The molecule has 0 bridgehead atoms. The van der Waals surface area contributed by atoms with Gasteiger partial charge in [-0.25, -0.2) is 4.79 Å². The third-order valence-corrected chi connectivity index (χ3v) is 11.1. The van der Waals surface area contributed by atoms with Gasteiger partial charge in [-0.05, 0) is 69.4 Å². The van der Waals surface area contributed by atoms with Gasteiger partial charge in [0.05, 0.1) is 11.0 Å². The summed E-state index contributed by atoms with van der Waals surface area (Å²) in [6.45, 7) is 8.72. The third kappa shape index (κ3) is 3.31. The van der Waals surface area contributed by atoms with E-state index in [-0.39, 0.29) is 43.0 Å². The van der Waals surface area contributed by atoms with Crippen molar-refractivity contribution >= 4 is 23.3 Å². The molecule has 0 aromatic heterocycles. The van der Waals surface area contributed by atoms with E-state index in [4.69, 9.17) is 4.74 Å². The number of aliphatic hydroxyl groups is 3. The van der Waals surface area contributed by atoms with E-state index in [1.165, 1.54) is 6.08 Å². The summed E-state index contributed by atoms with van der Waals surface area (Å²) in [6, 6.07) is 0. The first-order valence-electron chi connectivity index (χ1n) is 13.5. The number of cyclic esters (lactones) is 1. The fourth-order valence-corrected chi connectivity index (χ4v) is 8.58. The molecule has 5 rings (SSSR count). The van der Waals surface area contributed by atoms with E-state index in [0.29, 0.717) is 30.4 Å². The number of ketones is 3. The molecular formula is C29H38O8. The van der Waals surface area contributed by atoms with E-state index < -0.39 is 58.0 Å². The van der Waals surface area contributed by atoms with E-state index in [1.54, 1.807) is 20.8 Å². The fourth-order valence-electron chi connectivity index (χ4n) is 8.58. The first kappa shape index (κ1) is 26.4. The third-order valence-electron chi connectivity index (χ3n) is 11.1. The Morgan fingerprint density at radius 1 is 1.14 bits per heavy atom. The van der Waals surface area contributed by atoms with Crippen LogP contribution in [0.15, 0.2) is 22.8 Å². The number of hydrogen-bond donors (Lipinski definition) is 3. The van der Waals surface area contributed by atoms with E-state index in [9.17, 15) is 34.5 Å². The van der Waals surface area contributed by atoms with Crippen LogP contribution in [0.2, 0.25) is 0 Å². The Hall–Kier alpha value is -2.16. The number of allylic oxidation sites excluding steroid dienone is 1. The number of ether oxygens (including phenoxy) is 1. The van der Waals surface area contributed by atoms with E-state index in [1.807, 2.05) is 13.8 Å². The van der Waals surface area contributed by atoms with Crippen molar-refractivity contribution in [2.45, 2.75) is 103 Å². The quantitative estimate of drug-likeness (QED) is 0.488. The molecule has 3 saturated carbocycles. The molecule has 0 spiro atoms. The Morgan fingerprint density at radius 3 is 2.46 bits per heavy atom. The Bertz CT molecular complexity index is 1160. The number of carbonyl (C=O) groups excluding carboxylic acids is 4. The minimum atomic E-state index is -1.68. The van der Waals surface area contributed by atoms with E-state index in [0.717, 1.165) is 5.57 Å². The average molecular weight is 515 g/mol. The van der Waals surface area contributed by atoms with Crippen molar-refractivity contribution in [1.29, 1.82) is 0 Å².